The van der Waals surface area contributed by atoms with E-state index in [9.17, 15) is 19.8 Å². The summed E-state index contributed by atoms with van der Waals surface area (Å²) in [7, 11) is 0. The molecule has 4 aliphatic rings. The van der Waals surface area contributed by atoms with Crippen LogP contribution >= 0.6 is 0 Å². The molecule has 0 radical (unpaired) electrons. The number of allylic oxidation sites excluding steroid dienone is 1. The molecule has 0 spiro atoms. The van der Waals surface area contributed by atoms with Gasteiger partial charge in [0.1, 0.15) is 35.4 Å². The number of benzene rings is 5. The van der Waals surface area contributed by atoms with E-state index < -0.39 is 0 Å². The number of carbonyl (C=O) groups is 2. The van der Waals surface area contributed by atoms with Crippen LogP contribution < -0.4 is 14.2 Å². The van der Waals surface area contributed by atoms with Crippen LogP contribution in [-0.4, -0.2) is 121 Å². The van der Waals surface area contributed by atoms with Gasteiger partial charge in [0.05, 0.1) is 58.3 Å². The normalized spacial score (nSPS) is 15.7. The van der Waals surface area contributed by atoms with E-state index in [1.54, 1.807) is 11.0 Å². The fourth-order valence-electron chi connectivity index (χ4n) is 9.60. The van der Waals surface area contributed by atoms with Crippen LogP contribution in [-0.2, 0) is 42.3 Å². The van der Waals surface area contributed by atoms with Crippen LogP contribution in [0.5, 0.6) is 28.7 Å². The number of phenolic OH excluding ortho intramolecular Hbond substituents is 2. The van der Waals surface area contributed by atoms with E-state index in [0.717, 1.165) is 140 Å². The number of carbonyl (C=O) groups excluding carboxylic acids is 2. The number of nitrogens with zero attached hydrogens (tertiary/aromatic N) is 4. The van der Waals surface area contributed by atoms with Crippen LogP contribution in [0.15, 0.2) is 97.6 Å². The number of morpholine rings is 2. The van der Waals surface area contributed by atoms with Gasteiger partial charge in [-0.25, -0.2) is 0 Å². The zero-order valence-electron chi connectivity index (χ0n) is 41.9. The summed E-state index contributed by atoms with van der Waals surface area (Å²) in [6.07, 6.45) is 1.90. The molecule has 71 heavy (non-hydrogen) atoms. The molecular weight excluding hydrogens is 897 g/mol. The number of fused-ring (bicyclic) bond motifs is 2. The molecule has 5 aromatic rings. The molecule has 5 aromatic carbocycles. The third-order valence-electron chi connectivity index (χ3n) is 13.7. The molecule has 0 bridgehead atoms. The number of hydrogen-bond donors (Lipinski definition) is 2. The summed E-state index contributed by atoms with van der Waals surface area (Å²) in [5.74, 6) is 2.05. The molecule has 376 valence electrons. The van der Waals surface area contributed by atoms with Gasteiger partial charge in [-0.05, 0) is 96.3 Å². The largest absolute Gasteiger partial charge is 0.508 e. The van der Waals surface area contributed by atoms with Crippen molar-refractivity contribution in [3.8, 4) is 28.7 Å². The van der Waals surface area contributed by atoms with Crippen molar-refractivity contribution in [2.45, 2.75) is 79.2 Å². The summed E-state index contributed by atoms with van der Waals surface area (Å²) >= 11 is 0. The molecule has 0 atom stereocenters. The number of aryl methyl sites for hydroxylation is 1. The molecule has 4 heterocycles. The SMILES string of the molecule is C=C(C)c1cc(C(=O)N2Cc3cccc(OCCCN4CCOCC4)c3C2)c(C)cc1OCc1ccccc1.CC(C)c1cc(C(=O)N2Cc3cccc(OCCCN4CCOCC4)c3C2)c(O)cc1O. The zero-order chi connectivity index (χ0) is 49.9. The summed E-state index contributed by atoms with van der Waals surface area (Å²) in [4.78, 5) is 35.4. The Balaban J connectivity index is 0.000000194. The van der Waals surface area contributed by atoms with Crippen molar-refractivity contribution in [3.05, 3.63) is 153 Å². The number of amides is 2. The van der Waals surface area contributed by atoms with E-state index in [2.05, 4.69) is 22.4 Å². The Bertz CT molecular complexity index is 2640. The van der Waals surface area contributed by atoms with Crippen molar-refractivity contribution in [1.29, 1.82) is 0 Å². The maximum Gasteiger partial charge on any atom is 0.258 e. The predicted molar refractivity (Wildman–Crippen MR) is 275 cm³/mol. The molecule has 4 aliphatic heterocycles. The van der Waals surface area contributed by atoms with E-state index in [1.165, 1.54) is 6.07 Å². The summed E-state index contributed by atoms with van der Waals surface area (Å²) in [6, 6.07) is 28.9. The molecular formula is C58H70N4O9. The number of hydrogen-bond acceptors (Lipinski definition) is 11. The van der Waals surface area contributed by atoms with Crippen LogP contribution in [0.4, 0.5) is 0 Å². The molecule has 2 N–H and O–H groups in total. The monoisotopic (exact) mass is 967 g/mol. The van der Waals surface area contributed by atoms with Crippen LogP contribution in [0.1, 0.15) is 105 Å². The molecule has 2 amide bonds. The first-order valence-corrected chi connectivity index (χ1v) is 25.1. The first-order chi connectivity index (χ1) is 34.4. The second kappa shape index (κ2) is 24.2. The van der Waals surface area contributed by atoms with Crippen molar-refractivity contribution >= 4 is 17.4 Å². The van der Waals surface area contributed by atoms with Crippen molar-refractivity contribution < 1.29 is 43.5 Å². The van der Waals surface area contributed by atoms with Gasteiger partial charge >= 0.3 is 0 Å². The first-order valence-electron chi connectivity index (χ1n) is 25.1. The highest BCUT2D eigenvalue weighted by atomic mass is 16.5. The minimum Gasteiger partial charge on any atom is -0.508 e. The summed E-state index contributed by atoms with van der Waals surface area (Å²) in [5, 5.41) is 20.4. The van der Waals surface area contributed by atoms with Gasteiger partial charge in [0.25, 0.3) is 11.8 Å². The van der Waals surface area contributed by atoms with E-state index >= 15 is 0 Å². The first kappa shape index (κ1) is 51.0. The van der Waals surface area contributed by atoms with Gasteiger partial charge in [-0.15, -0.1) is 0 Å². The lowest BCUT2D eigenvalue weighted by molar-refractivity contribution is 0.0357. The third-order valence-corrected chi connectivity index (χ3v) is 13.7. The highest BCUT2D eigenvalue weighted by Crippen LogP contribution is 2.38. The van der Waals surface area contributed by atoms with E-state index in [1.807, 2.05) is 105 Å². The topological polar surface area (TPSA) is 134 Å². The maximum atomic E-state index is 13.7. The summed E-state index contributed by atoms with van der Waals surface area (Å²) < 4.78 is 29.3. The average molecular weight is 967 g/mol. The molecule has 13 heteroatoms. The molecule has 2 fully saturated rings. The van der Waals surface area contributed by atoms with Crippen molar-refractivity contribution in [2.24, 2.45) is 0 Å². The minimum atomic E-state index is -0.251. The van der Waals surface area contributed by atoms with Crippen LogP contribution in [0.3, 0.4) is 0 Å². The van der Waals surface area contributed by atoms with E-state index in [4.69, 9.17) is 23.7 Å². The van der Waals surface area contributed by atoms with Gasteiger partial charge in [-0.1, -0.05) is 75.0 Å². The third kappa shape index (κ3) is 12.9. The van der Waals surface area contributed by atoms with Crippen LogP contribution in [0, 0.1) is 6.92 Å². The highest BCUT2D eigenvalue weighted by Gasteiger charge is 2.31. The quantitative estimate of drug-likeness (QED) is 0.0864. The van der Waals surface area contributed by atoms with Crippen molar-refractivity contribution in [2.75, 3.05) is 78.9 Å². The lowest BCUT2D eigenvalue weighted by atomic mass is 9.98. The summed E-state index contributed by atoms with van der Waals surface area (Å²) in [5.41, 5.74) is 9.60. The number of phenols is 2. The minimum absolute atomic E-state index is 0.00604. The van der Waals surface area contributed by atoms with E-state index in [0.29, 0.717) is 57.1 Å². The molecule has 0 aliphatic carbocycles. The lowest BCUT2D eigenvalue weighted by Gasteiger charge is -2.26. The van der Waals surface area contributed by atoms with Gasteiger partial charge in [0.15, 0.2) is 0 Å². The smallest absolute Gasteiger partial charge is 0.258 e. The van der Waals surface area contributed by atoms with Gasteiger partial charge in [-0.2, -0.15) is 0 Å². The van der Waals surface area contributed by atoms with Gasteiger partial charge < -0.3 is 43.7 Å². The Morgan fingerprint density at radius 3 is 1.68 bits per heavy atom. The Kier molecular flexibility index (Phi) is 17.3. The Hall–Kier alpha value is -6.38. The Morgan fingerprint density at radius 1 is 0.620 bits per heavy atom. The van der Waals surface area contributed by atoms with Crippen LogP contribution in [0.2, 0.25) is 0 Å². The zero-order valence-corrected chi connectivity index (χ0v) is 41.9. The van der Waals surface area contributed by atoms with Gasteiger partial charge in [0, 0.05) is 80.7 Å². The average Bonchev–Trinajstić information content (AvgIpc) is 4.03. The maximum absolute atomic E-state index is 13.7. The molecule has 2 saturated heterocycles. The lowest BCUT2D eigenvalue weighted by Crippen LogP contribution is -2.37. The standard InChI is InChI=1S/C33H38N2O4.C25H32N2O5/c1-24(2)28-20-29(25(3)19-32(28)39-23-26-9-5-4-6-10-26)33(36)35-21-27-11-7-12-31(30(27)22-35)38-16-8-13-34-14-17-37-18-15-34;1-17(2)19-13-20(23(29)14-22(19)28)25(30)27-15-18-5-3-6-24(21(18)16-27)32-10-4-7-26-8-11-31-12-9-26/h4-7,9-12,19-20H,1,8,13-18,21-23H2,2-3H3;3,5-6,13-14,17,28-29H,4,7-12,15-16H2,1-2H3. The second-order valence-electron chi connectivity index (χ2n) is 19.2. The van der Waals surface area contributed by atoms with Gasteiger partial charge in [-0.3, -0.25) is 19.4 Å². The number of ether oxygens (including phenoxy) is 5. The molecule has 9 rings (SSSR count). The fourth-order valence-corrected chi connectivity index (χ4v) is 9.60. The molecule has 0 unspecified atom stereocenters. The van der Waals surface area contributed by atoms with Crippen LogP contribution in [0.25, 0.3) is 5.57 Å². The van der Waals surface area contributed by atoms with Gasteiger partial charge in [0.2, 0.25) is 0 Å². The molecule has 0 aromatic heterocycles. The number of rotatable bonds is 17. The second-order valence-corrected chi connectivity index (χ2v) is 19.2. The molecule has 13 nitrogen and oxygen atoms in total. The Labute approximate surface area is 419 Å². The van der Waals surface area contributed by atoms with Crippen molar-refractivity contribution in [1.82, 2.24) is 19.6 Å². The fraction of sp³-hybridized carbons (Fsp3) is 0.414. The molecule has 0 saturated carbocycles. The summed E-state index contributed by atoms with van der Waals surface area (Å²) in [6.45, 7) is 24.9. The highest BCUT2D eigenvalue weighted by molar-refractivity contribution is 5.98. The predicted octanol–water partition coefficient (Wildman–Crippen LogP) is 9.34. The van der Waals surface area contributed by atoms with E-state index in [-0.39, 0.29) is 34.8 Å². The van der Waals surface area contributed by atoms with Crippen molar-refractivity contribution in [3.63, 3.8) is 0 Å². The number of aromatic hydroxyl groups is 2. The Morgan fingerprint density at radius 2 is 1.15 bits per heavy atom.